The predicted molar refractivity (Wildman–Crippen MR) is 121 cm³/mol. The van der Waals surface area contributed by atoms with Crippen LogP contribution in [0.15, 0.2) is 59.5 Å². The van der Waals surface area contributed by atoms with E-state index in [1.165, 1.54) is 30.6 Å². The van der Waals surface area contributed by atoms with Gasteiger partial charge in [0.15, 0.2) is 9.84 Å². The van der Waals surface area contributed by atoms with Crippen molar-refractivity contribution in [3.05, 3.63) is 65.2 Å². The number of rotatable bonds is 10. The average Bonchev–Trinajstić information content (AvgIpc) is 3.25. The highest BCUT2D eigenvalue weighted by Gasteiger charge is 2.17. The van der Waals surface area contributed by atoms with Crippen molar-refractivity contribution in [2.75, 3.05) is 24.7 Å². The molecule has 3 rings (SSSR count). The molecule has 2 aromatic carbocycles. The SMILES string of the molecule is COc1cccc(C(=O)NCCc2nnc(NC(=O)CCS(=O)(=O)c3ccccc3)s2)c1. The van der Waals surface area contributed by atoms with E-state index >= 15 is 0 Å². The lowest BCUT2D eigenvalue weighted by Gasteiger charge is -2.05. The molecule has 1 aromatic heterocycles. The summed E-state index contributed by atoms with van der Waals surface area (Å²) in [5.41, 5.74) is 0.486. The van der Waals surface area contributed by atoms with E-state index in [2.05, 4.69) is 20.8 Å². The van der Waals surface area contributed by atoms with Crippen molar-refractivity contribution in [3.63, 3.8) is 0 Å². The highest BCUT2D eigenvalue weighted by molar-refractivity contribution is 7.91. The summed E-state index contributed by atoms with van der Waals surface area (Å²) in [5.74, 6) is -0.399. The van der Waals surface area contributed by atoms with Crippen molar-refractivity contribution in [2.24, 2.45) is 0 Å². The van der Waals surface area contributed by atoms with Gasteiger partial charge in [-0.15, -0.1) is 10.2 Å². The van der Waals surface area contributed by atoms with Gasteiger partial charge < -0.3 is 15.4 Å². The molecule has 2 N–H and O–H groups in total. The summed E-state index contributed by atoms with van der Waals surface area (Å²) in [6, 6.07) is 14.8. The lowest BCUT2D eigenvalue weighted by molar-refractivity contribution is -0.115. The van der Waals surface area contributed by atoms with Crippen LogP contribution in [0, 0.1) is 0 Å². The molecule has 168 valence electrons. The Morgan fingerprint density at radius 2 is 1.84 bits per heavy atom. The molecule has 0 aliphatic heterocycles. The van der Waals surface area contributed by atoms with Gasteiger partial charge in [0.2, 0.25) is 11.0 Å². The van der Waals surface area contributed by atoms with E-state index in [0.29, 0.717) is 29.3 Å². The van der Waals surface area contributed by atoms with Crippen LogP contribution < -0.4 is 15.4 Å². The fourth-order valence-electron chi connectivity index (χ4n) is 2.71. The molecule has 32 heavy (non-hydrogen) atoms. The van der Waals surface area contributed by atoms with Crippen LogP contribution in [0.5, 0.6) is 5.75 Å². The lowest BCUT2D eigenvalue weighted by atomic mass is 10.2. The Kier molecular flexibility index (Phi) is 7.90. The number of ether oxygens (including phenoxy) is 1. The van der Waals surface area contributed by atoms with E-state index in [9.17, 15) is 18.0 Å². The van der Waals surface area contributed by atoms with E-state index in [1.54, 1.807) is 42.5 Å². The molecule has 0 unspecified atom stereocenters. The standard InChI is InChI=1S/C21H22N4O5S2/c1-30-16-7-5-6-15(14-16)20(27)22-12-10-19-24-25-21(31-19)23-18(26)11-13-32(28,29)17-8-3-2-4-9-17/h2-9,14H,10-13H2,1H3,(H,22,27)(H,23,25,26). The van der Waals surface area contributed by atoms with Gasteiger partial charge >= 0.3 is 0 Å². The highest BCUT2D eigenvalue weighted by Crippen LogP contribution is 2.17. The van der Waals surface area contributed by atoms with Gasteiger partial charge in [0.25, 0.3) is 5.91 Å². The normalized spacial score (nSPS) is 11.0. The number of carbonyl (C=O) groups excluding carboxylic acids is 2. The number of anilines is 1. The number of nitrogens with zero attached hydrogens (tertiary/aromatic N) is 2. The fourth-order valence-corrected chi connectivity index (χ4v) is 4.73. The van der Waals surface area contributed by atoms with Crippen molar-refractivity contribution in [2.45, 2.75) is 17.7 Å². The first kappa shape index (κ1) is 23.4. The number of hydrogen-bond acceptors (Lipinski definition) is 8. The number of carbonyl (C=O) groups is 2. The first-order valence-electron chi connectivity index (χ1n) is 9.69. The summed E-state index contributed by atoms with van der Waals surface area (Å²) in [7, 11) is -2.00. The maximum Gasteiger partial charge on any atom is 0.251 e. The van der Waals surface area contributed by atoms with Crippen molar-refractivity contribution >= 4 is 38.1 Å². The van der Waals surface area contributed by atoms with Crippen LogP contribution in [-0.2, 0) is 21.1 Å². The minimum absolute atomic E-state index is 0.182. The van der Waals surface area contributed by atoms with Gasteiger partial charge in [-0.1, -0.05) is 35.6 Å². The molecule has 0 saturated heterocycles. The molecule has 0 fully saturated rings. The molecule has 0 radical (unpaired) electrons. The van der Waals surface area contributed by atoms with Gasteiger partial charge in [-0.25, -0.2) is 8.42 Å². The summed E-state index contributed by atoms with van der Waals surface area (Å²) >= 11 is 1.17. The molecule has 0 atom stereocenters. The van der Waals surface area contributed by atoms with Crippen LogP contribution in [0.4, 0.5) is 5.13 Å². The Morgan fingerprint density at radius 1 is 1.06 bits per heavy atom. The summed E-state index contributed by atoms with van der Waals surface area (Å²) in [6.45, 7) is 0.341. The van der Waals surface area contributed by atoms with Crippen molar-refractivity contribution in [1.29, 1.82) is 0 Å². The first-order chi connectivity index (χ1) is 15.4. The average molecular weight is 475 g/mol. The number of methoxy groups -OCH3 is 1. The minimum Gasteiger partial charge on any atom is -0.497 e. The molecular formula is C21H22N4O5S2. The van der Waals surface area contributed by atoms with E-state index in [4.69, 9.17) is 4.74 Å². The second-order valence-corrected chi connectivity index (χ2v) is 9.84. The van der Waals surface area contributed by atoms with Crippen LogP contribution in [-0.4, -0.2) is 49.8 Å². The zero-order valence-corrected chi connectivity index (χ0v) is 18.9. The molecule has 2 amide bonds. The van der Waals surface area contributed by atoms with Crippen LogP contribution in [0.2, 0.25) is 0 Å². The van der Waals surface area contributed by atoms with Crippen LogP contribution in [0.1, 0.15) is 21.8 Å². The van der Waals surface area contributed by atoms with Gasteiger partial charge in [0.05, 0.1) is 17.8 Å². The Labute approximate surface area is 189 Å². The smallest absolute Gasteiger partial charge is 0.251 e. The molecule has 11 heteroatoms. The van der Waals surface area contributed by atoms with Crippen LogP contribution >= 0.6 is 11.3 Å². The van der Waals surface area contributed by atoms with E-state index in [1.807, 2.05) is 0 Å². The largest absolute Gasteiger partial charge is 0.497 e. The second kappa shape index (κ2) is 10.8. The fraction of sp³-hybridized carbons (Fsp3) is 0.238. The Hall–Kier alpha value is -3.31. The number of hydrogen-bond donors (Lipinski definition) is 2. The Morgan fingerprint density at radius 3 is 2.59 bits per heavy atom. The number of aromatic nitrogens is 2. The molecular weight excluding hydrogens is 452 g/mol. The quantitative estimate of drug-likeness (QED) is 0.462. The Bertz CT molecular complexity index is 1180. The first-order valence-corrected chi connectivity index (χ1v) is 12.2. The molecule has 1 heterocycles. The maximum atomic E-state index is 12.3. The van der Waals surface area contributed by atoms with Crippen molar-refractivity contribution in [1.82, 2.24) is 15.5 Å². The van der Waals surface area contributed by atoms with Crippen molar-refractivity contribution < 1.29 is 22.7 Å². The Balaban J connectivity index is 1.44. The molecule has 0 bridgehead atoms. The summed E-state index contributed by atoms with van der Waals surface area (Å²) in [6.07, 6.45) is 0.244. The third-order valence-corrected chi connectivity index (χ3v) is 7.00. The van der Waals surface area contributed by atoms with Gasteiger partial charge in [-0.2, -0.15) is 0 Å². The van der Waals surface area contributed by atoms with Gasteiger partial charge in [-0.3, -0.25) is 9.59 Å². The number of amides is 2. The van der Waals surface area contributed by atoms with Crippen LogP contribution in [0.25, 0.3) is 0 Å². The van der Waals surface area contributed by atoms with Crippen LogP contribution in [0.3, 0.4) is 0 Å². The number of nitrogens with one attached hydrogen (secondary N) is 2. The van der Waals surface area contributed by atoms with E-state index < -0.39 is 15.7 Å². The zero-order valence-electron chi connectivity index (χ0n) is 17.3. The van der Waals surface area contributed by atoms with E-state index in [-0.39, 0.29) is 28.1 Å². The van der Waals surface area contributed by atoms with E-state index in [0.717, 1.165) is 0 Å². The van der Waals surface area contributed by atoms with Gasteiger partial charge in [0, 0.05) is 24.9 Å². The molecule has 0 aliphatic rings. The zero-order chi connectivity index (χ0) is 23.0. The van der Waals surface area contributed by atoms with Crippen molar-refractivity contribution in [3.8, 4) is 5.75 Å². The van der Waals surface area contributed by atoms with Gasteiger partial charge in [-0.05, 0) is 30.3 Å². The predicted octanol–water partition coefficient (Wildman–Crippen LogP) is 2.32. The third kappa shape index (κ3) is 6.59. The topological polar surface area (TPSA) is 127 Å². The lowest BCUT2D eigenvalue weighted by Crippen LogP contribution is -2.25. The minimum atomic E-state index is -3.53. The molecule has 3 aromatic rings. The highest BCUT2D eigenvalue weighted by atomic mass is 32.2. The maximum absolute atomic E-state index is 12.3. The summed E-state index contributed by atoms with van der Waals surface area (Å²) in [5, 5.41) is 14.1. The van der Waals surface area contributed by atoms with Gasteiger partial charge in [0.1, 0.15) is 10.8 Å². The summed E-state index contributed by atoms with van der Waals surface area (Å²) in [4.78, 5) is 24.5. The third-order valence-electron chi connectivity index (χ3n) is 4.37. The second-order valence-electron chi connectivity index (χ2n) is 6.67. The number of benzene rings is 2. The summed E-state index contributed by atoms with van der Waals surface area (Å²) < 4.78 is 29.6. The molecule has 0 spiro atoms. The molecule has 0 aliphatic carbocycles. The molecule has 9 nitrogen and oxygen atoms in total. The molecule has 0 saturated carbocycles. The monoisotopic (exact) mass is 474 g/mol. The number of sulfone groups is 1.